The van der Waals surface area contributed by atoms with Crippen molar-refractivity contribution in [1.82, 2.24) is 0 Å². The monoisotopic (exact) mass is 652 g/mol. The van der Waals surface area contributed by atoms with E-state index in [-0.39, 0.29) is 25.7 Å². The summed E-state index contributed by atoms with van der Waals surface area (Å²) in [5, 5.41) is 20.7. The van der Waals surface area contributed by atoms with E-state index in [0.29, 0.717) is 18.0 Å². The van der Waals surface area contributed by atoms with E-state index in [9.17, 15) is 14.4 Å². The molecule has 0 atom stereocenters. The van der Waals surface area contributed by atoms with Crippen molar-refractivity contribution in [2.24, 2.45) is 9.98 Å². The average Bonchev–Trinajstić information content (AvgIpc) is 3.09. The van der Waals surface area contributed by atoms with Crippen molar-refractivity contribution in [3.05, 3.63) is 126 Å². The van der Waals surface area contributed by atoms with E-state index >= 15 is 0 Å². The molecule has 0 unspecified atom stereocenters. The van der Waals surface area contributed by atoms with Crippen LogP contribution in [-0.4, -0.2) is 67.7 Å². The Balaban J connectivity index is 0.000000308. The molecule has 0 bridgehead atoms. The number of benzene rings is 4. The standard InChI is InChI=1S/C19H22N2O4.C16H12N2O.C2H6O2/c1-14(22)20-17-7-3-15(4-8-17)13-16-5-9-18(10-6-16)21-19(23)25-12-11-24-2;1-2-17-15-7-3-13(4-8-15)11-14-5-9-16(10-6-14)18-12-19;3-1-2-4/h3-10H,11-13H2,1-2H3,(H,20,22)(H,21,23);3-10H,1,11H2;3-4H,1-2H2. The van der Waals surface area contributed by atoms with Gasteiger partial charge in [0.1, 0.15) is 6.61 Å². The summed E-state index contributed by atoms with van der Waals surface area (Å²) in [4.78, 5) is 40.2. The van der Waals surface area contributed by atoms with Gasteiger partial charge in [-0.15, -0.1) is 0 Å². The van der Waals surface area contributed by atoms with E-state index in [4.69, 9.17) is 19.7 Å². The number of methoxy groups -OCH3 is 1. The van der Waals surface area contributed by atoms with Crippen LogP contribution in [0.5, 0.6) is 0 Å². The predicted octanol–water partition coefficient (Wildman–Crippen LogP) is 6.13. The van der Waals surface area contributed by atoms with Gasteiger partial charge < -0.3 is 25.0 Å². The van der Waals surface area contributed by atoms with E-state index < -0.39 is 6.09 Å². The molecule has 250 valence electrons. The molecule has 0 aliphatic heterocycles. The molecule has 0 radical (unpaired) electrons. The smallest absolute Gasteiger partial charge is 0.411 e. The van der Waals surface area contributed by atoms with E-state index in [1.165, 1.54) is 18.6 Å². The molecule has 0 aromatic heterocycles. The van der Waals surface area contributed by atoms with Gasteiger partial charge in [-0.25, -0.2) is 14.6 Å². The fraction of sp³-hybridized carbons (Fsp3) is 0.216. The Morgan fingerprint density at radius 1 is 0.688 bits per heavy atom. The lowest BCUT2D eigenvalue weighted by Gasteiger charge is -2.08. The van der Waals surface area contributed by atoms with Crippen LogP contribution in [0.1, 0.15) is 29.2 Å². The van der Waals surface area contributed by atoms with Crippen LogP contribution < -0.4 is 10.6 Å². The maximum atomic E-state index is 11.6. The molecule has 11 nitrogen and oxygen atoms in total. The number of hydrogen-bond donors (Lipinski definition) is 4. The van der Waals surface area contributed by atoms with Gasteiger partial charge in [-0.05, 0) is 96.1 Å². The van der Waals surface area contributed by atoms with Crippen LogP contribution in [0, 0.1) is 0 Å². The summed E-state index contributed by atoms with van der Waals surface area (Å²) in [5.74, 6) is 2.42. The fourth-order valence-electron chi connectivity index (χ4n) is 3.98. The Morgan fingerprint density at radius 2 is 1.10 bits per heavy atom. The molecule has 0 fully saturated rings. The molecule has 0 saturated heterocycles. The predicted molar refractivity (Wildman–Crippen MR) is 187 cm³/mol. The Kier molecular flexibility index (Phi) is 18.3. The lowest BCUT2D eigenvalue weighted by atomic mass is 10.0. The molecular weight excluding hydrogens is 612 g/mol. The molecule has 4 aromatic carbocycles. The van der Waals surface area contributed by atoms with Crippen molar-refractivity contribution in [2.45, 2.75) is 19.8 Å². The molecule has 4 rings (SSSR count). The second-order valence-corrected chi connectivity index (χ2v) is 9.94. The number of carbonyl (C=O) groups is 2. The normalized spacial score (nSPS) is 9.58. The number of isocyanates is 1. The van der Waals surface area contributed by atoms with Gasteiger partial charge in [0.05, 0.1) is 31.2 Å². The van der Waals surface area contributed by atoms with Crippen molar-refractivity contribution in [3.8, 4) is 0 Å². The lowest BCUT2D eigenvalue weighted by molar-refractivity contribution is -0.114. The maximum absolute atomic E-state index is 11.6. The van der Waals surface area contributed by atoms with Crippen LogP contribution in [0.15, 0.2) is 114 Å². The number of nitrogens with one attached hydrogen (secondary N) is 2. The second kappa shape index (κ2) is 22.8. The second-order valence-electron chi connectivity index (χ2n) is 9.94. The summed E-state index contributed by atoms with van der Waals surface area (Å²) in [7, 11) is 1.55. The van der Waals surface area contributed by atoms with Crippen molar-refractivity contribution in [2.75, 3.05) is 44.2 Å². The van der Waals surface area contributed by atoms with Gasteiger partial charge in [0.2, 0.25) is 12.0 Å². The van der Waals surface area contributed by atoms with Crippen LogP contribution in [0.2, 0.25) is 0 Å². The third-order valence-corrected chi connectivity index (χ3v) is 6.17. The number of carbonyl (C=O) groups excluding carboxylic acids is 3. The van der Waals surface area contributed by atoms with Gasteiger partial charge in [0.25, 0.3) is 0 Å². The molecule has 4 aromatic rings. The van der Waals surface area contributed by atoms with Crippen LogP contribution in [0.4, 0.5) is 27.5 Å². The highest BCUT2D eigenvalue weighted by Crippen LogP contribution is 2.18. The summed E-state index contributed by atoms with van der Waals surface area (Å²) in [6.45, 7) is 5.26. The van der Waals surface area contributed by atoms with Gasteiger partial charge in [-0.3, -0.25) is 10.1 Å². The molecular formula is C37H40N4O7. The van der Waals surface area contributed by atoms with Gasteiger partial charge >= 0.3 is 6.09 Å². The van der Waals surface area contributed by atoms with E-state index in [0.717, 1.165) is 40.9 Å². The van der Waals surface area contributed by atoms with E-state index in [1.54, 1.807) is 19.2 Å². The molecule has 0 aliphatic carbocycles. The zero-order valence-corrected chi connectivity index (χ0v) is 27.0. The Labute approximate surface area is 280 Å². The van der Waals surface area contributed by atoms with E-state index in [1.807, 2.05) is 84.9 Å². The number of aliphatic hydroxyl groups is 2. The average molecular weight is 653 g/mol. The van der Waals surface area contributed by atoms with Crippen molar-refractivity contribution in [3.63, 3.8) is 0 Å². The molecule has 11 heteroatoms. The highest BCUT2D eigenvalue weighted by Gasteiger charge is 2.04. The van der Waals surface area contributed by atoms with Crippen molar-refractivity contribution >= 4 is 46.7 Å². The van der Waals surface area contributed by atoms with Crippen molar-refractivity contribution < 1.29 is 34.1 Å². The molecule has 2 amide bonds. The number of hydrogen-bond acceptors (Lipinski definition) is 9. The number of aliphatic imine (C=N–C) groups is 2. The molecule has 4 N–H and O–H groups in total. The van der Waals surface area contributed by atoms with Gasteiger partial charge in [0.15, 0.2) is 0 Å². The number of anilines is 2. The zero-order valence-electron chi connectivity index (χ0n) is 27.0. The van der Waals surface area contributed by atoms with Crippen LogP contribution in [0.25, 0.3) is 0 Å². The quantitative estimate of drug-likeness (QED) is 0.0814. The highest BCUT2D eigenvalue weighted by atomic mass is 16.6. The Bertz CT molecular complexity index is 1570. The minimum absolute atomic E-state index is 0.0865. The molecule has 0 aliphatic rings. The van der Waals surface area contributed by atoms with Gasteiger partial charge in [-0.2, -0.15) is 4.99 Å². The lowest BCUT2D eigenvalue weighted by Crippen LogP contribution is -2.16. The molecule has 0 saturated carbocycles. The van der Waals surface area contributed by atoms with Crippen molar-refractivity contribution in [1.29, 1.82) is 0 Å². The van der Waals surface area contributed by atoms with Crippen LogP contribution in [0.3, 0.4) is 0 Å². The SMILES string of the molecule is C=C=Nc1ccc(Cc2ccc(N=C=O)cc2)cc1.COCCOC(=O)Nc1ccc(Cc2ccc(NC(C)=O)cc2)cc1.OCCO. The number of amides is 2. The van der Waals surface area contributed by atoms with E-state index in [2.05, 4.69) is 33.1 Å². The van der Waals surface area contributed by atoms with Crippen LogP contribution >= 0.6 is 0 Å². The fourth-order valence-corrected chi connectivity index (χ4v) is 3.98. The minimum atomic E-state index is -0.502. The first-order valence-electron chi connectivity index (χ1n) is 14.9. The number of aliphatic hydroxyl groups excluding tert-OH is 2. The number of nitrogens with zero attached hydrogens (tertiary/aromatic N) is 2. The first-order valence-corrected chi connectivity index (χ1v) is 14.9. The third kappa shape index (κ3) is 16.1. The molecule has 0 heterocycles. The zero-order chi connectivity index (χ0) is 35.0. The summed E-state index contributed by atoms with van der Waals surface area (Å²) >= 11 is 0. The minimum Gasteiger partial charge on any atom is -0.447 e. The molecule has 48 heavy (non-hydrogen) atoms. The summed E-state index contributed by atoms with van der Waals surface area (Å²) in [6.07, 6.45) is 2.61. The summed E-state index contributed by atoms with van der Waals surface area (Å²) < 4.78 is 9.76. The summed E-state index contributed by atoms with van der Waals surface area (Å²) in [6, 6.07) is 30.7. The highest BCUT2D eigenvalue weighted by molar-refractivity contribution is 5.88. The maximum Gasteiger partial charge on any atom is 0.411 e. The first-order chi connectivity index (χ1) is 23.3. The first kappa shape index (κ1) is 38.5. The van der Waals surface area contributed by atoms with Gasteiger partial charge in [-0.1, -0.05) is 48.5 Å². The van der Waals surface area contributed by atoms with Gasteiger partial charge in [0, 0.05) is 25.4 Å². The van der Waals surface area contributed by atoms with Crippen LogP contribution in [-0.2, 0) is 31.9 Å². The largest absolute Gasteiger partial charge is 0.447 e. The number of rotatable bonds is 12. The third-order valence-electron chi connectivity index (χ3n) is 6.17. The topological polar surface area (TPSA) is 159 Å². The Hall–Kier alpha value is -5.67. The number of ether oxygens (including phenoxy) is 2. The Morgan fingerprint density at radius 3 is 1.48 bits per heavy atom. The summed E-state index contributed by atoms with van der Waals surface area (Å²) in [5.41, 5.74) is 7.51. The molecule has 0 spiro atoms.